The summed E-state index contributed by atoms with van der Waals surface area (Å²) in [5, 5.41) is 15.8. The van der Waals surface area contributed by atoms with Crippen molar-refractivity contribution in [1.29, 1.82) is 0 Å². The van der Waals surface area contributed by atoms with Gasteiger partial charge >= 0.3 is 0 Å². The van der Waals surface area contributed by atoms with Crippen molar-refractivity contribution >= 4 is 16.6 Å². The Morgan fingerprint density at radius 2 is 1.52 bits per heavy atom. The van der Waals surface area contributed by atoms with Crippen LogP contribution in [0.3, 0.4) is 0 Å². The van der Waals surface area contributed by atoms with E-state index < -0.39 is 0 Å². The molecule has 2 aromatic heterocycles. The fourth-order valence-corrected chi connectivity index (χ4v) is 3.97. The van der Waals surface area contributed by atoms with Gasteiger partial charge in [-0.3, -0.25) is 4.98 Å². The maximum Gasteiger partial charge on any atom is 0.147 e. The number of aromatic hydroxyl groups is 1. The molecule has 146 valence electrons. The molecule has 4 heteroatoms. The molecule has 0 spiro atoms. The maximum absolute atomic E-state index is 11.1. The Bertz CT molecular complexity index is 1160. The Morgan fingerprint density at radius 3 is 2.21 bits per heavy atom. The number of pyridine rings is 2. The van der Waals surface area contributed by atoms with Crippen molar-refractivity contribution in [1.82, 2.24) is 9.97 Å². The summed E-state index contributed by atoms with van der Waals surface area (Å²) in [7, 11) is 0. The largest absolute Gasteiger partial charge is 0.505 e. The van der Waals surface area contributed by atoms with E-state index in [1.165, 1.54) is 16.7 Å². The summed E-state index contributed by atoms with van der Waals surface area (Å²) < 4.78 is 0. The highest BCUT2D eigenvalue weighted by Crippen LogP contribution is 2.37. The van der Waals surface area contributed by atoms with E-state index in [0.717, 1.165) is 27.9 Å². The molecule has 29 heavy (non-hydrogen) atoms. The van der Waals surface area contributed by atoms with Gasteiger partial charge in [0.15, 0.2) is 0 Å². The molecule has 1 unspecified atom stereocenters. The minimum absolute atomic E-state index is 0.211. The Labute approximate surface area is 171 Å². The third-order valence-electron chi connectivity index (χ3n) is 5.32. The highest BCUT2D eigenvalue weighted by molar-refractivity contribution is 5.86. The predicted octanol–water partition coefficient (Wildman–Crippen LogP) is 5.77. The molecule has 0 bridgehead atoms. The minimum Gasteiger partial charge on any atom is -0.505 e. The second kappa shape index (κ2) is 7.55. The molecule has 2 aromatic carbocycles. The number of phenolic OH excluding ortho intramolecular Hbond substituents is 1. The normalized spacial score (nSPS) is 12.1. The molecule has 0 aliphatic rings. The Balaban J connectivity index is 1.89. The number of nitrogens with one attached hydrogen (secondary N) is 1. The fourth-order valence-electron chi connectivity index (χ4n) is 3.97. The molecule has 2 N–H and O–H groups in total. The molecule has 1 atom stereocenters. The van der Waals surface area contributed by atoms with Gasteiger partial charge in [0, 0.05) is 34.7 Å². The average Bonchev–Trinajstić information content (AvgIpc) is 2.69. The van der Waals surface area contributed by atoms with E-state index in [-0.39, 0.29) is 11.8 Å². The minimum atomic E-state index is -0.232. The molecule has 0 saturated carbocycles. The third-order valence-corrected chi connectivity index (χ3v) is 5.32. The smallest absolute Gasteiger partial charge is 0.147 e. The Morgan fingerprint density at radius 1 is 0.862 bits per heavy atom. The van der Waals surface area contributed by atoms with Crippen LogP contribution in [0.25, 0.3) is 10.9 Å². The van der Waals surface area contributed by atoms with Crippen molar-refractivity contribution in [2.75, 3.05) is 5.32 Å². The topological polar surface area (TPSA) is 58.0 Å². The van der Waals surface area contributed by atoms with Gasteiger partial charge in [-0.15, -0.1) is 0 Å². The van der Waals surface area contributed by atoms with Crippen LogP contribution >= 0.6 is 0 Å². The first-order chi connectivity index (χ1) is 13.9. The van der Waals surface area contributed by atoms with Crippen molar-refractivity contribution in [3.05, 3.63) is 94.4 Å². The fraction of sp³-hybridized carbons (Fsp3) is 0.200. The van der Waals surface area contributed by atoms with Gasteiger partial charge in [0.2, 0.25) is 0 Å². The van der Waals surface area contributed by atoms with E-state index >= 15 is 0 Å². The molecule has 4 aromatic rings. The van der Waals surface area contributed by atoms with E-state index in [2.05, 4.69) is 48.2 Å². The number of aromatic nitrogens is 2. The number of fused-ring (bicyclic) bond motifs is 1. The molecule has 0 aliphatic heterocycles. The standard InChI is InChI=1S/C25H25N3O/c1-15-13-16(2)22(17(3)14-15)28-23(20-9-11-26-12-10-20)21-8-7-19-6-5-18(4)27-24(19)25(21)29/h5-14,23,28-29H,1-4H3. The summed E-state index contributed by atoms with van der Waals surface area (Å²) >= 11 is 0. The number of rotatable bonds is 4. The summed E-state index contributed by atoms with van der Waals surface area (Å²) in [5.74, 6) is 0.211. The van der Waals surface area contributed by atoms with Crippen molar-refractivity contribution < 1.29 is 5.11 Å². The number of benzene rings is 2. The molecule has 0 aliphatic carbocycles. The molecule has 0 amide bonds. The van der Waals surface area contributed by atoms with E-state index in [4.69, 9.17) is 0 Å². The Hall–Kier alpha value is -3.40. The zero-order chi connectivity index (χ0) is 20.5. The summed E-state index contributed by atoms with van der Waals surface area (Å²) in [6.07, 6.45) is 3.55. The van der Waals surface area contributed by atoms with Crippen LogP contribution in [0.4, 0.5) is 5.69 Å². The quantitative estimate of drug-likeness (QED) is 0.470. The monoisotopic (exact) mass is 383 g/mol. The number of hydrogen-bond acceptors (Lipinski definition) is 4. The predicted molar refractivity (Wildman–Crippen MR) is 119 cm³/mol. The molecular formula is C25H25N3O. The lowest BCUT2D eigenvalue weighted by atomic mass is 9.95. The molecule has 0 saturated heterocycles. The van der Waals surface area contributed by atoms with Gasteiger partial charge in [-0.25, -0.2) is 4.98 Å². The zero-order valence-corrected chi connectivity index (χ0v) is 17.2. The lowest BCUT2D eigenvalue weighted by Crippen LogP contribution is -2.14. The first kappa shape index (κ1) is 18.9. The van der Waals surface area contributed by atoms with E-state index in [0.29, 0.717) is 5.52 Å². The lowest BCUT2D eigenvalue weighted by Gasteiger charge is -2.25. The SMILES string of the molecule is Cc1cc(C)c(NC(c2ccncc2)c2ccc3ccc(C)nc3c2O)c(C)c1. The molecular weight excluding hydrogens is 358 g/mol. The summed E-state index contributed by atoms with van der Waals surface area (Å²) in [6.45, 7) is 8.25. The van der Waals surface area contributed by atoms with Crippen LogP contribution in [-0.2, 0) is 0 Å². The van der Waals surface area contributed by atoms with Gasteiger partial charge < -0.3 is 10.4 Å². The lowest BCUT2D eigenvalue weighted by molar-refractivity contribution is 0.471. The third kappa shape index (κ3) is 3.66. The van der Waals surface area contributed by atoms with Crippen LogP contribution in [0.5, 0.6) is 5.75 Å². The van der Waals surface area contributed by atoms with Crippen LogP contribution in [0.2, 0.25) is 0 Å². The van der Waals surface area contributed by atoms with Crippen molar-refractivity contribution in [3.8, 4) is 5.75 Å². The second-order valence-corrected chi connectivity index (χ2v) is 7.66. The number of hydrogen-bond donors (Lipinski definition) is 2. The van der Waals surface area contributed by atoms with Gasteiger partial charge in [0.1, 0.15) is 11.3 Å². The van der Waals surface area contributed by atoms with Gasteiger partial charge in [-0.05, 0) is 62.6 Å². The average molecular weight is 383 g/mol. The highest BCUT2D eigenvalue weighted by atomic mass is 16.3. The Kier molecular flexibility index (Phi) is 4.93. The second-order valence-electron chi connectivity index (χ2n) is 7.66. The first-order valence-corrected chi connectivity index (χ1v) is 9.77. The number of nitrogens with zero attached hydrogens (tertiary/aromatic N) is 2. The number of aryl methyl sites for hydroxylation is 4. The number of anilines is 1. The van der Waals surface area contributed by atoms with Crippen LogP contribution in [-0.4, -0.2) is 15.1 Å². The number of phenols is 1. The van der Waals surface area contributed by atoms with Crippen LogP contribution in [0.15, 0.2) is 60.9 Å². The summed E-state index contributed by atoms with van der Waals surface area (Å²) in [5.41, 5.74) is 7.99. The van der Waals surface area contributed by atoms with Gasteiger partial charge in [-0.2, -0.15) is 0 Å². The summed E-state index contributed by atoms with van der Waals surface area (Å²) in [6, 6.07) is 16.0. The van der Waals surface area contributed by atoms with Crippen LogP contribution in [0.1, 0.15) is 39.6 Å². The molecule has 0 fully saturated rings. The van der Waals surface area contributed by atoms with Crippen molar-refractivity contribution in [2.45, 2.75) is 33.7 Å². The van der Waals surface area contributed by atoms with Crippen LogP contribution in [0, 0.1) is 27.7 Å². The zero-order valence-electron chi connectivity index (χ0n) is 17.2. The van der Waals surface area contributed by atoms with E-state index in [1.54, 1.807) is 12.4 Å². The van der Waals surface area contributed by atoms with Crippen molar-refractivity contribution in [2.24, 2.45) is 0 Å². The maximum atomic E-state index is 11.1. The van der Waals surface area contributed by atoms with Crippen molar-refractivity contribution in [3.63, 3.8) is 0 Å². The van der Waals surface area contributed by atoms with Crippen LogP contribution < -0.4 is 5.32 Å². The highest BCUT2D eigenvalue weighted by Gasteiger charge is 2.21. The first-order valence-electron chi connectivity index (χ1n) is 9.77. The van der Waals surface area contributed by atoms with E-state index in [9.17, 15) is 5.11 Å². The van der Waals surface area contributed by atoms with Gasteiger partial charge in [0.25, 0.3) is 0 Å². The molecule has 4 nitrogen and oxygen atoms in total. The molecule has 0 radical (unpaired) electrons. The van der Waals surface area contributed by atoms with Gasteiger partial charge in [0.05, 0.1) is 6.04 Å². The van der Waals surface area contributed by atoms with E-state index in [1.807, 2.05) is 43.3 Å². The molecule has 2 heterocycles. The van der Waals surface area contributed by atoms with Gasteiger partial charge in [-0.1, -0.05) is 35.9 Å². The molecule has 4 rings (SSSR count). The summed E-state index contributed by atoms with van der Waals surface area (Å²) in [4.78, 5) is 8.73.